The minimum atomic E-state index is -0.248. The highest BCUT2D eigenvalue weighted by atomic mass is 16.7. The van der Waals surface area contributed by atoms with Crippen LogP contribution in [0.15, 0.2) is 36.4 Å². The number of carbonyl (C=O) groups excluding carboxylic acids is 2. The maximum atomic E-state index is 13.4. The largest absolute Gasteiger partial charge is 0.454 e. The molecule has 0 atom stereocenters. The SMILES string of the molecule is CC1CCN(c2ccc(NC(=O)c3ccc4c(c3)OCO4)cc2C(=O)N2CCCC2)CC1. The standard InChI is InChI=1S/C25H29N3O4/c1-17-8-12-27(13-9-17)21-6-5-19(15-20(21)25(30)28-10-2-3-11-28)26-24(29)18-4-7-22-23(14-18)32-16-31-22/h4-7,14-15,17H,2-3,8-13,16H2,1H3,(H,26,29). The molecule has 5 rings (SSSR count). The molecule has 2 amide bonds. The van der Waals surface area contributed by atoms with Gasteiger partial charge in [-0.2, -0.15) is 0 Å². The van der Waals surface area contributed by atoms with Crippen molar-refractivity contribution in [3.8, 4) is 11.5 Å². The summed E-state index contributed by atoms with van der Waals surface area (Å²) >= 11 is 0. The molecule has 3 heterocycles. The molecule has 2 aromatic carbocycles. The molecular formula is C25H29N3O4. The molecule has 168 valence electrons. The molecule has 0 unspecified atom stereocenters. The number of ether oxygens (including phenoxy) is 2. The van der Waals surface area contributed by atoms with Crippen LogP contribution < -0.4 is 19.7 Å². The zero-order valence-corrected chi connectivity index (χ0v) is 18.4. The molecule has 3 aliphatic heterocycles. The van der Waals surface area contributed by atoms with Crippen LogP contribution in [0.5, 0.6) is 11.5 Å². The second-order valence-electron chi connectivity index (χ2n) is 8.92. The van der Waals surface area contributed by atoms with Crippen molar-refractivity contribution in [2.45, 2.75) is 32.6 Å². The Bertz CT molecular complexity index is 1020. The Hall–Kier alpha value is -3.22. The van der Waals surface area contributed by atoms with Crippen LogP contribution in [0.25, 0.3) is 0 Å². The highest BCUT2D eigenvalue weighted by Crippen LogP contribution is 2.33. The van der Waals surface area contributed by atoms with Gasteiger partial charge in [0.2, 0.25) is 6.79 Å². The second kappa shape index (κ2) is 8.73. The lowest BCUT2D eigenvalue weighted by atomic mass is 9.97. The highest BCUT2D eigenvalue weighted by molar-refractivity contribution is 6.06. The zero-order chi connectivity index (χ0) is 22.1. The van der Waals surface area contributed by atoms with Gasteiger partial charge in [-0.1, -0.05) is 6.92 Å². The van der Waals surface area contributed by atoms with E-state index in [1.807, 2.05) is 23.1 Å². The van der Waals surface area contributed by atoms with Crippen molar-refractivity contribution >= 4 is 23.2 Å². The first-order valence-electron chi connectivity index (χ1n) is 11.5. The first-order valence-corrected chi connectivity index (χ1v) is 11.5. The third-order valence-electron chi connectivity index (χ3n) is 6.64. The minimum absolute atomic E-state index is 0.0512. The van der Waals surface area contributed by atoms with Crippen molar-refractivity contribution in [1.82, 2.24) is 4.90 Å². The number of fused-ring (bicyclic) bond motifs is 1. The minimum Gasteiger partial charge on any atom is -0.454 e. The summed E-state index contributed by atoms with van der Waals surface area (Å²) in [6, 6.07) is 10.8. The van der Waals surface area contributed by atoms with Crippen molar-refractivity contribution in [2.24, 2.45) is 5.92 Å². The number of hydrogen-bond donors (Lipinski definition) is 1. The van der Waals surface area contributed by atoms with E-state index in [2.05, 4.69) is 17.1 Å². The number of carbonyl (C=O) groups is 2. The van der Waals surface area contributed by atoms with E-state index in [4.69, 9.17) is 9.47 Å². The Morgan fingerprint density at radius 2 is 1.69 bits per heavy atom. The van der Waals surface area contributed by atoms with Gasteiger partial charge in [-0.15, -0.1) is 0 Å². The number of anilines is 2. The number of benzene rings is 2. The normalized spacial score (nSPS) is 18.2. The molecule has 2 aromatic rings. The van der Waals surface area contributed by atoms with Crippen LogP contribution in [-0.2, 0) is 0 Å². The quantitative estimate of drug-likeness (QED) is 0.782. The number of hydrogen-bond acceptors (Lipinski definition) is 5. The van der Waals surface area contributed by atoms with Gasteiger partial charge >= 0.3 is 0 Å². The first kappa shape index (κ1) is 20.7. The van der Waals surface area contributed by atoms with E-state index < -0.39 is 0 Å². The summed E-state index contributed by atoms with van der Waals surface area (Å²) in [5.41, 5.74) is 2.74. The van der Waals surface area contributed by atoms with E-state index in [-0.39, 0.29) is 18.6 Å². The Kier molecular flexibility index (Phi) is 5.64. The third-order valence-corrected chi connectivity index (χ3v) is 6.64. The van der Waals surface area contributed by atoms with E-state index in [0.717, 1.165) is 57.5 Å². The van der Waals surface area contributed by atoms with Gasteiger partial charge in [-0.25, -0.2) is 0 Å². The molecule has 2 fully saturated rings. The summed E-state index contributed by atoms with van der Waals surface area (Å²) < 4.78 is 10.7. The van der Waals surface area contributed by atoms with Crippen LogP contribution in [0.1, 0.15) is 53.3 Å². The molecule has 0 aromatic heterocycles. The summed E-state index contributed by atoms with van der Waals surface area (Å²) in [5.74, 6) is 1.72. The lowest BCUT2D eigenvalue weighted by Crippen LogP contribution is -2.35. The van der Waals surface area contributed by atoms with Gasteiger partial charge < -0.3 is 24.6 Å². The molecule has 7 nitrogen and oxygen atoms in total. The van der Waals surface area contributed by atoms with E-state index >= 15 is 0 Å². The van der Waals surface area contributed by atoms with E-state index in [0.29, 0.717) is 34.2 Å². The lowest BCUT2D eigenvalue weighted by molar-refractivity contribution is 0.0793. The number of piperidine rings is 1. The molecule has 0 radical (unpaired) electrons. The fourth-order valence-electron chi connectivity index (χ4n) is 4.64. The smallest absolute Gasteiger partial charge is 0.256 e. The number of nitrogens with one attached hydrogen (secondary N) is 1. The molecule has 0 aliphatic carbocycles. The predicted octanol–water partition coefficient (Wildman–Crippen LogP) is 4.14. The van der Waals surface area contributed by atoms with Crippen molar-refractivity contribution in [2.75, 3.05) is 43.2 Å². The van der Waals surface area contributed by atoms with Crippen LogP contribution in [-0.4, -0.2) is 49.7 Å². The van der Waals surface area contributed by atoms with Gasteiger partial charge in [0.1, 0.15) is 0 Å². The van der Waals surface area contributed by atoms with Gasteiger partial charge in [-0.05, 0) is 68.0 Å². The van der Waals surface area contributed by atoms with Crippen molar-refractivity contribution in [1.29, 1.82) is 0 Å². The fraction of sp³-hybridized carbons (Fsp3) is 0.440. The van der Waals surface area contributed by atoms with Crippen molar-refractivity contribution in [3.63, 3.8) is 0 Å². The number of amides is 2. The summed E-state index contributed by atoms with van der Waals surface area (Å²) in [5, 5.41) is 2.95. The van der Waals surface area contributed by atoms with E-state index in [1.165, 1.54) is 0 Å². The first-order chi connectivity index (χ1) is 15.6. The van der Waals surface area contributed by atoms with Crippen molar-refractivity contribution < 1.29 is 19.1 Å². The molecule has 2 saturated heterocycles. The van der Waals surface area contributed by atoms with Crippen LogP contribution in [0.2, 0.25) is 0 Å². The van der Waals surface area contributed by atoms with Crippen LogP contribution in [0.4, 0.5) is 11.4 Å². The zero-order valence-electron chi connectivity index (χ0n) is 18.4. The summed E-state index contributed by atoms with van der Waals surface area (Å²) in [6.07, 6.45) is 4.34. The van der Waals surface area contributed by atoms with Crippen molar-refractivity contribution in [3.05, 3.63) is 47.5 Å². The lowest BCUT2D eigenvalue weighted by Gasteiger charge is -2.34. The molecular weight excluding hydrogens is 406 g/mol. The van der Waals surface area contributed by atoms with Gasteiger partial charge in [0.05, 0.1) is 5.56 Å². The van der Waals surface area contributed by atoms with Crippen LogP contribution >= 0.6 is 0 Å². The molecule has 0 saturated carbocycles. The molecule has 7 heteroatoms. The molecule has 0 bridgehead atoms. The maximum Gasteiger partial charge on any atom is 0.256 e. The molecule has 3 aliphatic rings. The Balaban J connectivity index is 1.40. The Morgan fingerprint density at radius 1 is 0.938 bits per heavy atom. The predicted molar refractivity (Wildman–Crippen MR) is 123 cm³/mol. The Morgan fingerprint density at radius 3 is 2.47 bits per heavy atom. The third kappa shape index (κ3) is 4.11. The fourth-order valence-corrected chi connectivity index (χ4v) is 4.64. The molecule has 32 heavy (non-hydrogen) atoms. The maximum absolute atomic E-state index is 13.4. The van der Waals surface area contributed by atoms with Crippen LogP contribution in [0.3, 0.4) is 0 Å². The topological polar surface area (TPSA) is 71.1 Å². The monoisotopic (exact) mass is 435 g/mol. The van der Waals surface area contributed by atoms with Gasteiger partial charge in [-0.3, -0.25) is 9.59 Å². The number of nitrogens with zero attached hydrogens (tertiary/aromatic N) is 2. The van der Waals surface area contributed by atoms with Crippen LogP contribution in [0, 0.1) is 5.92 Å². The average Bonchev–Trinajstić information content (AvgIpc) is 3.51. The Labute approximate surface area is 188 Å². The van der Waals surface area contributed by atoms with Gasteiger partial charge in [0.25, 0.3) is 11.8 Å². The van der Waals surface area contributed by atoms with E-state index in [1.54, 1.807) is 18.2 Å². The summed E-state index contributed by atoms with van der Waals surface area (Å²) in [4.78, 5) is 30.5. The second-order valence-corrected chi connectivity index (χ2v) is 8.92. The van der Waals surface area contributed by atoms with Gasteiger partial charge in [0.15, 0.2) is 11.5 Å². The average molecular weight is 436 g/mol. The summed E-state index contributed by atoms with van der Waals surface area (Å²) in [7, 11) is 0. The number of rotatable bonds is 4. The molecule has 1 N–H and O–H groups in total. The van der Waals surface area contributed by atoms with E-state index in [9.17, 15) is 9.59 Å². The molecule has 0 spiro atoms. The van der Waals surface area contributed by atoms with Gasteiger partial charge in [0, 0.05) is 43.1 Å². The highest BCUT2D eigenvalue weighted by Gasteiger charge is 2.26. The number of likely N-dealkylation sites (tertiary alicyclic amines) is 1. The summed E-state index contributed by atoms with van der Waals surface area (Å²) in [6.45, 7) is 5.93.